The van der Waals surface area contributed by atoms with Crippen LogP contribution in [-0.2, 0) is 16.0 Å². The molecule has 0 unspecified atom stereocenters. The minimum absolute atomic E-state index is 0.333. The van der Waals surface area contributed by atoms with Crippen molar-refractivity contribution >= 4 is 11.9 Å². The summed E-state index contributed by atoms with van der Waals surface area (Å²) in [7, 11) is 0. The molecule has 0 fully saturated rings. The number of carbonyl (C=O) groups is 2. The highest BCUT2D eigenvalue weighted by atomic mass is 16.4. The van der Waals surface area contributed by atoms with Gasteiger partial charge in [-0.25, -0.2) is 0 Å². The van der Waals surface area contributed by atoms with Crippen LogP contribution in [0.1, 0.15) is 12.5 Å². The lowest BCUT2D eigenvalue weighted by molar-refractivity contribution is -0.138. The molecule has 1 rings (SSSR count). The van der Waals surface area contributed by atoms with Crippen LogP contribution in [-0.4, -0.2) is 23.0 Å². The van der Waals surface area contributed by atoms with Crippen molar-refractivity contribution in [2.75, 3.05) is 0 Å². The van der Waals surface area contributed by atoms with Gasteiger partial charge in [-0.1, -0.05) is 30.3 Å². The number of amides is 1. The Hall–Kier alpha value is -1.88. The van der Waals surface area contributed by atoms with Crippen LogP contribution in [0.2, 0.25) is 0 Å². The summed E-state index contributed by atoms with van der Waals surface area (Å²) in [5.74, 6) is -1.29. The highest BCUT2D eigenvalue weighted by Crippen LogP contribution is 2.01. The molecule has 5 heteroatoms. The fraction of sp³-hybridized carbons (Fsp3) is 0.273. The molecule has 1 amide bonds. The zero-order valence-corrected chi connectivity index (χ0v) is 9.09. The normalized spacial score (nSPS) is 10.9. The molecule has 0 aromatic heterocycles. The highest BCUT2D eigenvalue weighted by molar-refractivity contribution is 5.73. The van der Waals surface area contributed by atoms with E-state index in [-0.39, 0.29) is 5.91 Å². The van der Waals surface area contributed by atoms with Crippen LogP contribution in [0.25, 0.3) is 0 Å². The first kappa shape index (κ1) is 14.1. The molecule has 0 spiro atoms. The van der Waals surface area contributed by atoms with Crippen molar-refractivity contribution in [1.82, 2.24) is 0 Å². The SMILES string of the molecule is CC(N)=O.N[C@@H](Cc1ccccc1)C(=O)O. The van der Waals surface area contributed by atoms with E-state index in [2.05, 4.69) is 5.73 Å². The number of benzene rings is 1. The van der Waals surface area contributed by atoms with E-state index in [1.54, 1.807) is 0 Å². The number of nitrogens with two attached hydrogens (primary N) is 2. The smallest absolute Gasteiger partial charge is 0.320 e. The zero-order valence-electron chi connectivity index (χ0n) is 9.09. The molecular formula is C11H16N2O3. The van der Waals surface area contributed by atoms with Gasteiger partial charge in [-0.15, -0.1) is 0 Å². The van der Waals surface area contributed by atoms with Crippen molar-refractivity contribution in [3.8, 4) is 0 Å². The van der Waals surface area contributed by atoms with E-state index in [0.29, 0.717) is 6.42 Å². The van der Waals surface area contributed by atoms with E-state index in [4.69, 9.17) is 10.8 Å². The number of carbonyl (C=O) groups excluding carboxylic acids is 1. The molecule has 16 heavy (non-hydrogen) atoms. The van der Waals surface area contributed by atoms with Gasteiger partial charge in [-0.05, 0) is 12.0 Å². The summed E-state index contributed by atoms with van der Waals surface area (Å²) in [5, 5.41) is 8.52. The summed E-state index contributed by atoms with van der Waals surface area (Å²) in [4.78, 5) is 19.6. The molecule has 5 nitrogen and oxygen atoms in total. The average Bonchev–Trinajstić information content (AvgIpc) is 2.18. The van der Waals surface area contributed by atoms with Crippen molar-refractivity contribution in [2.45, 2.75) is 19.4 Å². The third-order valence-corrected chi connectivity index (χ3v) is 1.62. The van der Waals surface area contributed by atoms with E-state index in [0.717, 1.165) is 5.56 Å². The minimum atomic E-state index is -0.959. The monoisotopic (exact) mass is 224 g/mol. The maximum atomic E-state index is 10.4. The average molecular weight is 224 g/mol. The van der Waals surface area contributed by atoms with Crippen LogP contribution in [0.4, 0.5) is 0 Å². The second kappa shape index (κ2) is 7.42. The molecule has 1 aromatic carbocycles. The highest BCUT2D eigenvalue weighted by Gasteiger charge is 2.10. The van der Waals surface area contributed by atoms with Crippen LogP contribution in [0, 0.1) is 0 Å². The number of hydrogen-bond acceptors (Lipinski definition) is 3. The second-order valence-corrected chi connectivity index (χ2v) is 3.25. The fourth-order valence-electron chi connectivity index (χ4n) is 0.955. The van der Waals surface area contributed by atoms with Crippen LogP contribution >= 0.6 is 0 Å². The van der Waals surface area contributed by atoms with Gasteiger partial charge < -0.3 is 16.6 Å². The number of aliphatic carboxylic acids is 1. The Morgan fingerprint density at radius 3 is 2.12 bits per heavy atom. The van der Waals surface area contributed by atoms with Gasteiger partial charge in [0.1, 0.15) is 6.04 Å². The van der Waals surface area contributed by atoms with Gasteiger partial charge >= 0.3 is 5.97 Å². The standard InChI is InChI=1S/C9H11NO2.C2H5NO/c10-8(9(11)12)6-7-4-2-1-3-5-7;1-2(3)4/h1-5,8H,6,10H2,(H,11,12);1H3,(H2,3,4)/t8-;/m0./s1. The number of rotatable bonds is 3. The molecule has 0 aliphatic carbocycles. The molecular weight excluding hydrogens is 208 g/mol. The summed E-state index contributed by atoms with van der Waals surface area (Å²) >= 11 is 0. The Balaban J connectivity index is 0.000000487. The third kappa shape index (κ3) is 7.52. The van der Waals surface area contributed by atoms with Crippen LogP contribution in [0.3, 0.4) is 0 Å². The number of carboxylic acid groups (broad SMARTS) is 1. The molecule has 5 N–H and O–H groups in total. The quantitative estimate of drug-likeness (QED) is 0.678. The lowest BCUT2D eigenvalue weighted by Crippen LogP contribution is -2.32. The largest absolute Gasteiger partial charge is 0.480 e. The van der Waals surface area contributed by atoms with Gasteiger partial charge in [-0.3, -0.25) is 9.59 Å². The first-order valence-electron chi connectivity index (χ1n) is 4.72. The fourth-order valence-corrected chi connectivity index (χ4v) is 0.955. The Morgan fingerprint density at radius 2 is 1.75 bits per heavy atom. The first-order chi connectivity index (χ1) is 7.43. The minimum Gasteiger partial charge on any atom is -0.480 e. The Bertz CT molecular complexity index is 334. The third-order valence-electron chi connectivity index (χ3n) is 1.62. The van der Waals surface area contributed by atoms with E-state index in [1.807, 2.05) is 30.3 Å². The Labute approximate surface area is 94.1 Å². The lowest BCUT2D eigenvalue weighted by atomic mass is 10.1. The molecule has 0 aliphatic heterocycles. The molecule has 88 valence electrons. The molecule has 0 radical (unpaired) electrons. The number of hydrogen-bond donors (Lipinski definition) is 3. The predicted octanol–water partition coefficient (Wildman–Crippen LogP) is 0.133. The van der Waals surface area contributed by atoms with E-state index in [1.165, 1.54) is 6.92 Å². The summed E-state index contributed by atoms with van der Waals surface area (Å²) in [6.45, 7) is 1.31. The maximum Gasteiger partial charge on any atom is 0.320 e. The van der Waals surface area contributed by atoms with E-state index < -0.39 is 12.0 Å². The Morgan fingerprint density at radius 1 is 1.31 bits per heavy atom. The summed E-state index contributed by atoms with van der Waals surface area (Å²) < 4.78 is 0. The van der Waals surface area contributed by atoms with Gasteiger partial charge in [0.05, 0.1) is 0 Å². The molecule has 1 aromatic rings. The number of primary amides is 1. The van der Waals surface area contributed by atoms with Crippen molar-refractivity contribution in [3.63, 3.8) is 0 Å². The van der Waals surface area contributed by atoms with Crippen LogP contribution in [0.15, 0.2) is 30.3 Å². The zero-order chi connectivity index (χ0) is 12.6. The number of carboxylic acids is 1. The van der Waals surface area contributed by atoms with Crippen molar-refractivity contribution in [2.24, 2.45) is 11.5 Å². The molecule has 0 saturated carbocycles. The second-order valence-electron chi connectivity index (χ2n) is 3.25. The van der Waals surface area contributed by atoms with Crippen LogP contribution < -0.4 is 11.5 Å². The maximum absolute atomic E-state index is 10.4. The molecule has 1 atom stereocenters. The van der Waals surface area contributed by atoms with Crippen molar-refractivity contribution in [3.05, 3.63) is 35.9 Å². The summed E-state index contributed by atoms with van der Waals surface area (Å²) in [6.07, 6.45) is 0.385. The van der Waals surface area contributed by atoms with Gasteiger partial charge in [0.2, 0.25) is 5.91 Å². The van der Waals surface area contributed by atoms with Gasteiger partial charge in [0.15, 0.2) is 0 Å². The van der Waals surface area contributed by atoms with E-state index >= 15 is 0 Å². The first-order valence-corrected chi connectivity index (χ1v) is 4.72. The van der Waals surface area contributed by atoms with Crippen LogP contribution in [0.5, 0.6) is 0 Å². The molecule has 0 aliphatic rings. The topological polar surface area (TPSA) is 106 Å². The molecule has 0 heterocycles. The van der Waals surface area contributed by atoms with E-state index in [9.17, 15) is 9.59 Å². The molecule has 0 bridgehead atoms. The van der Waals surface area contributed by atoms with Crippen molar-refractivity contribution in [1.29, 1.82) is 0 Å². The van der Waals surface area contributed by atoms with Crippen molar-refractivity contribution < 1.29 is 14.7 Å². The van der Waals surface area contributed by atoms with Gasteiger partial charge in [-0.2, -0.15) is 0 Å². The lowest BCUT2D eigenvalue weighted by Gasteiger charge is -2.04. The van der Waals surface area contributed by atoms with Gasteiger partial charge in [0, 0.05) is 6.92 Å². The summed E-state index contributed by atoms with van der Waals surface area (Å²) in [6, 6.07) is 8.54. The Kier molecular flexibility index (Phi) is 6.55. The van der Waals surface area contributed by atoms with Gasteiger partial charge in [0.25, 0.3) is 0 Å². The molecule has 0 saturated heterocycles. The predicted molar refractivity (Wildman–Crippen MR) is 60.6 cm³/mol. The summed E-state index contributed by atoms with van der Waals surface area (Å²) in [5.41, 5.74) is 10.8.